The molecule has 0 saturated carbocycles. The van der Waals surface area contributed by atoms with Gasteiger partial charge in [0.1, 0.15) is 10.5 Å². The van der Waals surface area contributed by atoms with E-state index < -0.39 is 14.0 Å². The van der Waals surface area contributed by atoms with E-state index >= 15 is 0 Å². The third-order valence-electron chi connectivity index (χ3n) is 6.23. The molecule has 42 heavy (non-hydrogen) atoms. The summed E-state index contributed by atoms with van der Waals surface area (Å²) in [5, 5.41) is 9.68. The fourth-order valence-electron chi connectivity index (χ4n) is 3.97. The van der Waals surface area contributed by atoms with E-state index in [4.69, 9.17) is 19.2 Å². The second-order valence-corrected chi connectivity index (χ2v) is 19.7. The van der Waals surface area contributed by atoms with Crippen LogP contribution in [0.5, 0.6) is 0 Å². The van der Waals surface area contributed by atoms with Crippen molar-refractivity contribution in [2.45, 2.75) is 52.7 Å². The van der Waals surface area contributed by atoms with Crippen LogP contribution in [0.3, 0.4) is 0 Å². The summed E-state index contributed by atoms with van der Waals surface area (Å²) in [6.45, 7) is 13.3. The van der Waals surface area contributed by atoms with E-state index in [1.54, 1.807) is 25.4 Å². The normalized spacial score (nSPS) is 12.3. The minimum absolute atomic E-state index is 0.242. The minimum Gasteiger partial charge on any atom is -0.461 e. The summed E-state index contributed by atoms with van der Waals surface area (Å²) >= 11 is 6.41. The number of aryl methyl sites for hydroxylation is 1. The molecule has 0 aliphatic heterocycles. The number of esters is 1. The molecule has 0 atom stereocenters. The highest BCUT2D eigenvalue weighted by Crippen LogP contribution is 2.35. The van der Waals surface area contributed by atoms with E-state index in [9.17, 15) is 4.79 Å². The predicted molar refractivity (Wildman–Crippen MR) is 175 cm³/mol. The molecule has 0 radical (unpaired) electrons. The quantitative estimate of drug-likeness (QED) is 0.0797. The van der Waals surface area contributed by atoms with Crippen molar-refractivity contribution in [3.8, 4) is 0 Å². The number of anilines is 2. The van der Waals surface area contributed by atoms with Gasteiger partial charge in [-0.3, -0.25) is 4.57 Å². The van der Waals surface area contributed by atoms with E-state index in [1.165, 1.54) is 11.3 Å². The van der Waals surface area contributed by atoms with Gasteiger partial charge in [0.2, 0.25) is 0 Å². The highest BCUT2D eigenvalue weighted by atomic mass is 79.9. The van der Waals surface area contributed by atoms with Gasteiger partial charge in [0.15, 0.2) is 27.3 Å². The number of hydrogen-bond donors (Lipinski definition) is 0. The van der Waals surface area contributed by atoms with Crippen LogP contribution >= 0.6 is 38.6 Å². The first-order chi connectivity index (χ1) is 20.1. The van der Waals surface area contributed by atoms with Crippen LogP contribution in [-0.4, -0.2) is 67.3 Å². The van der Waals surface area contributed by atoms with Crippen molar-refractivity contribution in [2.24, 2.45) is 4.99 Å². The van der Waals surface area contributed by atoms with Crippen molar-refractivity contribution in [1.82, 2.24) is 19.7 Å². The van der Waals surface area contributed by atoms with Gasteiger partial charge >= 0.3 is 5.97 Å². The van der Waals surface area contributed by atoms with Gasteiger partial charge in [0.25, 0.3) is 0 Å². The number of methoxy groups -OCH3 is 1. The van der Waals surface area contributed by atoms with Gasteiger partial charge in [-0.2, -0.15) is 4.99 Å². The van der Waals surface area contributed by atoms with E-state index in [2.05, 4.69) is 67.5 Å². The zero-order valence-corrected chi connectivity index (χ0v) is 29.1. The highest BCUT2D eigenvalue weighted by molar-refractivity contribution is 9.11. The first-order valence-electron chi connectivity index (χ1n) is 13.8. The Kier molecular flexibility index (Phi) is 11.4. The van der Waals surface area contributed by atoms with Crippen LogP contribution in [0.25, 0.3) is 10.2 Å². The number of carbonyl (C=O) groups is 1. The molecule has 0 saturated heterocycles. The number of halogens is 1. The predicted octanol–water partition coefficient (Wildman–Crippen LogP) is 6.92. The molecule has 3 heterocycles. The molecule has 10 nitrogen and oxygen atoms in total. The van der Waals surface area contributed by atoms with Crippen LogP contribution in [0.2, 0.25) is 25.7 Å². The SMILES string of the molecule is CCOC(=O)c1nc(N(CCCOC)c2cc(C)c(N=c3sc4ccccc4n3COCC[Si](C)(C)C)nn2)sc1Br. The second kappa shape index (κ2) is 14.8. The molecule has 0 N–H and O–H groups in total. The maximum absolute atomic E-state index is 12.4. The zero-order chi connectivity index (χ0) is 30.3. The van der Waals surface area contributed by atoms with Crippen LogP contribution < -0.4 is 9.70 Å². The second-order valence-electron chi connectivity index (χ2n) is 10.8. The van der Waals surface area contributed by atoms with E-state index in [-0.39, 0.29) is 12.3 Å². The van der Waals surface area contributed by atoms with E-state index in [1.807, 2.05) is 30.0 Å². The molecule has 4 aromatic rings. The van der Waals surface area contributed by atoms with Crippen molar-refractivity contribution in [1.29, 1.82) is 0 Å². The Morgan fingerprint density at radius 3 is 2.67 bits per heavy atom. The van der Waals surface area contributed by atoms with Gasteiger partial charge in [-0.25, -0.2) is 9.78 Å². The Morgan fingerprint density at radius 1 is 1.17 bits per heavy atom. The summed E-state index contributed by atoms with van der Waals surface area (Å²) in [4.78, 5) is 24.6. The number of hydrogen-bond acceptors (Lipinski definition) is 11. The lowest BCUT2D eigenvalue weighted by molar-refractivity contribution is 0.0519. The average Bonchev–Trinajstić information content (AvgIpc) is 3.50. The molecule has 226 valence electrons. The van der Waals surface area contributed by atoms with Crippen LogP contribution in [0, 0.1) is 6.92 Å². The van der Waals surface area contributed by atoms with E-state index in [0.29, 0.717) is 40.4 Å². The summed E-state index contributed by atoms with van der Waals surface area (Å²) in [6, 6.07) is 11.3. The van der Waals surface area contributed by atoms with Crippen molar-refractivity contribution in [3.63, 3.8) is 0 Å². The lowest BCUT2D eigenvalue weighted by Crippen LogP contribution is -2.23. The summed E-state index contributed by atoms with van der Waals surface area (Å²) < 4.78 is 20.4. The third kappa shape index (κ3) is 8.32. The summed E-state index contributed by atoms with van der Waals surface area (Å²) in [5.41, 5.74) is 2.18. The van der Waals surface area contributed by atoms with Gasteiger partial charge in [-0.05, 0) is 66.0 Å². The van der Waals surface area contributed by atoms with Gasteiger partial charge in [0, 0.05) is 34.9 Å². The van der Waals surface area contributed by atoms with Gasteiger partial charge in [-0.1, -0.05) is 54.4 Å². The molecule has 0 bridgehead atoms. The van der Waals surface area contributed by atoms with E-state index in [0.717, 1.165) is 39.7 Å². The molecular formula is C28H37BrN6O4S2Si. The van der Waals surface area contributed by atoms with Crippen LogP contribution in [0.4, 0.5) is 16.8 Å². The van der Waals surface area contributed by atoms with Crippen LogP contribution in [-0.2, 0) is 20.9 Å². The summed E-state index contributed by atoms with van der Waals surface area (Å²) in [6.07, 6.45) is 0.731. The Balaban J connectivity index is 1.66. The van der Waals surface area contributed by atoms with Crippen molar-refractivity contribution in [2.75, 3.05) is 38.4 Å². The fraction of sp³-hybridized carbons (Fsp3) is 0.464. The molecule has 1 aromatic carbocycles. The Bertz CT molecular complexity index is 1580. The van der Waals surface area contributed by atoms with Gasteiger partial charge in [-0.15, -0.1) is 10.2 Å². The number of thiazole rings is 2. The number of carbonyl (C=O) groups excluding carboxylic acids is 1. The topological polar surface area (TPSA) is 104 Å². The molecule has 0 amide bonds. The molecule has 14 heteroatoms. The Hall–Kier alpha value is -2.49. The van der Waals surface area contributed by atoms with Crippen molar-refractivity contribution < 1.29 is 19.0 Å². The molecule has 0 aliphatic rings. The lowest BCUT2D eigenvalue weighted by atomic mass is 10.3. The van der Waals surface area contributed by atoms with Crippen molar-refractivity contribution in [3.05, 3.63) is 50.2 Å². The number of ether oxygens (including phenoxy) is 3. The number of aromatic nitrogens is 4. The first kappa shape index (κ1) is 32.4. The molecule has 0 fully saturated rings. The molecule has 0 aliphatic carbocycles. The zero-order valence-electron chi connectivity index (χ0n) is 24.8. The molecule has 0 unspecified atom stereocenters. The largest absolute Gasteiger partial charge is 0.461 e. The Morgan fingerprint density at radius 2 is 1.95 bits per heavy atom. The first-order valence-corrected chi connectivity index (χ1v) is 19.9. The van der Waals surface area contributed by atoms with Gasteiger partial charge < -0.3 is 19.1 Å². The molecule has 0 spiro atoms. The van der Waals surface area contributed by atoms with Crippen molar-refractivity contribution >= 4 is 79.6 Å². The third-order valence-corrected chi connectivity index (χ3v) is 10.7. The highest BCUT2D eigenvalue weighted by Gasteiger charge is 2.23. The molecule has 4 rings (SSSR count). The van der Waals surface area contributed by atoms with Crippen LogP contribution in [0.15, 0.2) is 39.1 Å². The average molecular weight is 694 g/mol. The van der Waals surface area contributed by atoms with Crippen LogP contribution in [0.1, 0.15) is 29.4 Å². The fourth-order valence-corrected chi connectivity index (χ4v) is 7.25. The van der Waals surface area contributed by atoms with Gasteiger partial charge in [0.05, 0.1) is 16.8 Å². The lowest BCUT2D eigenvalue weighted by Gasteiger charge is -2.20. The summed E-state index contributed by atoms with van der Waals surface area (Å²) in [7, 11) is 0.477. The number of fused-ring (bicyclic) bond motifs is 1. The number of rotatable bonds is 14. The smallest absolute Gasteiger partial charge is 0.359 e. The minimum atomic E-state index is -1.19. The number of para-hydroxylation sites is 1. The standard InChI is InChI=1S/C28H37BrN6O4S2Si/c1-7-39-26(36)23-24(29)41-27(30-23)34(13-10-14-37-3)22-17-19(2)25(33-32-22)31-28-35(18-38-15-16-42(4,5)6)20-11-8-9-12-21(20)40-28/h8-9,11-12,17H,7,10,13-16,18H2,1-6H3. The monoisotopic (exact) mass is 692 g/mol. The summed E-state index contributed by atoms with van der Waals surface area (Å²) in [5.74, 6) is 0.671. The molecule has 3 aromatic heterocycles. The maximum Gasteiger partial charge on any atom is 0.359 e. The Labute approximate surface area is 263 Å². The maximum atomic E-state index is 12.4. The molecular weight excluding hydrogens is 656 g/mol. The number of nitrogens with zero attached hydrogens (tertiary/aromatic N) is 6. The number of benzene rings is 1.